The van der Waals surface area contributed by atoms with Crippen LogP contribution >= 0.6 is 0 Å². The fraction of sp³-hybridized carbons (Fsp3) is 0.261. The van der Waals surface area contributed by atoms with Crippen LogP contribution in [-0.4, -0.2) is 12.0 Å². The summed E-state index contributed by atoms with van der Waals surface area (Å²) >= 11 is 0. The standard InChI is InChI=1S/C23H25NO2/c1-15-9-12-22(16(2)13-15)17(3)24-23(25)18(4)26-21-11-10-19-7-5-6-8-20(19)14-21/h5-14,17-18H,1-4H3,(H,24,25)/t17-,18+/m1/s1. The number of ether oxygens (including phenoxy) is 1. The minimum Gasteiger partial charge on any atom is -0.481 e. The number of carbonyl (C=O) groups is 1. The highest BCUT2D eigenvalue weighted by molar-refractivity contribution is 5.84. The van der Waals surface area contributed by atoms with E-state index in [9.17, 15) is 4.79 Å². The second-order valence-corrected chi connectivity index (χ2v) is 6.86. The summed E-state index contributed by atoms with van der Waals surface area (Å²) < 4.78 is 5.86. The molecule has 3 aromatic rings. The smallest absolute Gasteiger partial charge is 0.261 e. The van der Waals surface area contributed by atoms with E-state index < -0.39 is 6.10 Å². The van der Waals surface area contributed by atoms with Crippen LogP contribution in [0.3, 0.4) is 0 Å². The average molecular weight is 347 g/mol. The third kappa shape index (κ3) is 4.05. The van der Waals surface area contributed by atoms with Crippen molar-refractivity contribution in [3.8, 4) is 5.75 Å². The zero-order chi connectivity index (χ0) is 18.7. The van der Waals surface area contributed by atoms with Crippen molar-refractivity contribution in [2.24, 2.45) is 0 Å². The Hall–Kier alpha value is -2.81. The summed E-state index contributed by atoms with van der Waals surface area (Å²) in [5.74, 6) is 0.580. The van der Waals surface area contributed by atoms with Crippen LogP contribution < -0.4 is 10.1 Å². The van der Waals surface area contributed by atoms with Crippen molar-refractivity contribution in [3.63, 3.8) is 0 Å². The van der Waals surface area contributed by atoms with Crippen molar-refractivity contribution in [3.05, 3.63) is 77.4 Å². The molecule has 0 unspecified atom stereocenters. The summed E-state index contributed by atoms with van der Waals surface area (Å²) in [6, 6.07) is 20.2. The second-order valence-electron chi connectivity index (χ2n) is 6.86. The molecule has 3 aromatic carbocycles. The molecule has 0 saturated heterocycles. The van der Waals surface area contributed by atoms with Gasteiger partial charge in [-0.25, -0.2) is 0 Å². The van der Waals surface area contributed by atoms with E-state index in [1.54, 1.807) is 6.92 Å². The van der Waals surface area contributed by atoms with Crippen LogP contribution in [-0.2, 0) is 4.79 Å². The molecular formula is C23H25NO2. The third-order valence-electron chi connectivity index (χ3n) is 4.65. The van der Waals surface area contributed by atoms with Gasteiger partial charge in [0.15, 0.2) is 6.10 Å². The number of fused-ring (bicyclic) bond motifs is 1. The molecule has 1 amide bonds. The molecule has 0 spiro atoms. The molecule has 0 radical (unpaired) electrons. The highest BCUT2D eigenvalue weighted by Crippen LogP contribution is 2.22. The van der Waals surface area contributed by atoms with E-state index in [0.717, 1.165) is 16.3 Å². The molecule has 0 heterocycles. The minimum absolute atomic E-state index is 0.0641. The summed E-state index contributed by atoms with van der Waals surface area (Å²) in [6.07, 6.45) is -0.565. The van der Waals surface area contributed by atoms with Crippen molar-refractivity contribution < 1.29 is 9.53 Å². The van der Waals surface area contributed by atoms with Crippen LogP contribution in [0.4, 0.5) is 0 Å². The van der Waals surface area contributed by atoms with Crippen molar-refractivity contribution in [1.82, 2.24) is 5.32 Å². The fourth-order valence-electron chi connectivity index (χ4n) is 3.22. The predicted molar refractivity (Wildman–Crippen MR) is 107 cm³/mol. The van der Waals surface area contributed by atoms with Crippen molar-refractivity contribution in [2.45, 2.75) is 39.8 Å². The van der Waals surface area contributed by atoms with Gasteiger partial charge in [-0.1, -0.05) is 54.1 Å². The lowest BCUT2D eigenvalue weighted by atomic mass is 10.00. The maximum atomic E-state index is 12.5. The van der Waals surface area contributed by atoms with Gasteiger partial charge in [-0.3, -0.25) is 4.79 Å². The Morgan fingerprint density at radius 2 is 1.65 bits per heavy atom. The number of hydrogen-bond acceptors (Lipinski definition) is 2. The highest BCUT2D eigenvalue weighted by Gasteiger charge is 2.18. The first-order valence-corrected chi connectivity index (χ1v) is 8.97. The quantitative estimate of drug-likeness (QED) is 0.697. The summed E-state index contributed by atoms with van der Waals surface area (Å²) in [4.78, 5) is 12.5. The van der Waals surface area contributed by atoms with E-state index in [1.807, 2.05) is 43.3 Å². The van der Waals surface area contributed by atoms with E-state index in [4.69, 9.17) is 4.74 Å². The first-order valence-electron chi connectivity index (χ1n) is 8.97. The molecule has 2 atom stereocenters. The average Bonchev–Trinajstić information content (AvgIpc) is 2.61. The van der Waals surface area contributed by atoms with Gasteiger partial charge in [-0.15, -0.1) is 0 Å². The number of carbonyl (C=O) groups excluding carboxylic acids is 1. The number of benzene rings is 3. The molecule has 0 aliphatic carbocycles. The van der Waals surface area contributed by atoms with Crippen molar-refractivity contribution >= 4 is 16.7 Å². The van der Waals surface area contributed by atoms with Crippen molar-refractivity contribution in [2.75, 3.05) is 0 Å². The number of aryl methyl sites for hydroxylation is 2. The normalized spacial score (nSPS) is 13.2. The van der Waals surface area contributed by atoms with E-state index in [2.05, 4.69) is 43.4 Å². The molecule has 3 heteroatoms. The van der Waals surface area contributed by atoms with Crippen LogP contribution in [0.1, 0.15) is 36.6 Å². The van der Waals surface area contributed by atoms with Gasteiger partial charge >= 0.3 is 0 Å². The first kappa shape index (κ1) is 18.0. The van der Waals surface area contributed by atoms with Gasteiger partial charge in [0.05, 0.1) is 6.04 Å². The minimum atomic E-state index is -0.565. The van der Waals surface area contributed by atoms with Gasteiger partial charge in [-0.05, 0) is 61.7 Å². The Bertz CT molecular complexity index is 932. The maximum absolute atomic E-state index is 12.5. The lowest BCUT2D eigenvalue weighted by molar-refractivity contribution is -0.127. The lowest BCUT2D eigenvalue weighted by Gasteiger charge is -2.20. The fourth-order valence-corrected chi connectivity index (χ4v) is 3.22. The molecular weight excluding hydrogens is 322 g/mol. The molecule has 134 valence electrons. The van der Waals surface area contributed by atoms with E-state index in [1.165, 1.54) is 11.1 Å². The Morgan fingerprint density at radius 1 is 0.923 bits per heavy atom. The first-order chi connectivity index (χ1) is 12.4. The lowest BCUT2D eigenvalue weighted by Crippen LogP contribution is -2.38. The van der Waals surface area contributed by atoms with Crippen LogP contribution in [0.2, 0.25) is 0 Å². The second kappa shape index (κ2) is 7.61. The van der Waals surface area contributed by atoms with Gasteiger partial charge < -0.3 is 10.1 Å². The Labute approximate surface area is 155 Å². The van der Waals surface area contributed by atoms with Crippen molar-refractivity contribution in [1.29, 1.82) is 0 Å². The maximum Gasteiger partial charge on any atom is 0.261 e. The molecule has 1 N–H and O–H groups in total. The Balaban J connectivity index is 1.66. The van der Waals surface area contributed by atoms with Gasteiger partial charge in [0.2, 0.25) is 0 Å². The molecule has 0 saturated carbocycles. The third-order valence-corrected chi connectivity index (χ3v) is 4.65. The van der Waals surface area contributed by atoms with Gasteiger partial charge in [0.1, 0.15) is 5.75 Å². The molecule has 0 aromatic heterocycles. The molecule has 0 aliphatic heterocycles. The van der Waals surface area contributed by atoms with E-state index in [-0.39, 0.29) is 11.9 Å². The summed E-state index contributed by atoms with van der Waals surface area (Å²) in [5.41, 5.74) is 3.53. The summed E-state index contributed by atoms with van der Waals surface area (Å²) in [6.45, 7) is 7.91. The highest BCUT2D eigenvalue weighted by atomic mass is 16.5. The van der Waals surface area contributed by atoms with Crippen LogP contribution in [0.25, 0.3) is 10.8 Å². The van der Waals surface area contributed by atoms with E-state index in [0.29, 0.717) is 5.75 Å². The molecule has 3 nitrogen and oxygen atoms in total. The van der Waals surface area contributed by atoms with Crippen LogP contribution in [0.15, 0.2) is 60.7 Å². The molecule has 26 heavy (non-hydrogen) atoms. The van der Waals surface area contributed by atoms with E-state index >= 15 is 0 Å². The zero-order valence-electron chi connectivity index (χ0n) is 15.7. The van der Waals surface area contributed by atoms with Crippen LogP contribution in [0, 0.1) is 13.8 Å². The number of nitrogens with one attached hydrogen (secondary N) is 1. The predicted octanol–water partition coefficient (Wildman–Crippen LogP) is 5.10. The van der Waals surface area contributed by atoms with Gasteiger partial charge in [-0.2, -0.15) is 0 Å². The zero-order valence-corrected chi connectivity index (χ0v) is 15.7. The molecule has 3 rings (SSSR count). The summed E-state index contributed by atoms with van der Waals surface area (Å²) in [5, 5.41) is 5.30. The monoisotopic (exact) mass is 347 g/mol. The largest absolute Gasteiger partial charge is 0.481 e. The number of hydrogen-bond donors (Lipinski definition) is 1. The molecule has 0 fully saturated rings. The van der Waals surface area contributed by atoms with Gasteiger partial charge in [0, 0.05) is 0 Å². The molecule has 0 bridgehead atoms. The van der Waals surface area contributed by atoms with Gasteiger partial charge in [0.25, 0.3) is 5.91 Å². The Kier molecular flexibility index (Phi) is 5.27. The number of rotatable bonds is 5. The van der Waals surface area contributed by atoms with Crippen LogP contribution in [0.5, 0.6) is 5.75 Å². The number of amides is 1. The summed E-state index contributed by atoms with van der Waals surface area (Å²) in [7, 11) is 0. The molecule has 0 aliphatic rings. The Morgan fingerprint density at radius 3 is 2.38 bits per heavy atom. The SMILES string of the molecule is Cc1ccc([C@@H](C)NC(=O)[C@H](C)Oc2ccc3ccccc3c2)c(C)c1. The topological polar surface area (TPSA) is 38.3 Å².